The minimum atomic E-state index is -3.57. The summed E-state index contributed by atoms with van der Waals surface area (Å²) in [5.41, 5.74) is 5.32. The molecule has 0 aliphatic carbocycles. The molecule has 3 aromatic rings. The molecule has 0 radical (unpaired) electrons. The van der Waals surface area contributed by atoms with E-state index < -0.39 is 9.84 Å². The molecule has 0 saturated carbocycles. The molecule has 138 valence electrons. The van der Waals surface area contributed by atoms with Crippen LogP contribution in [-0.2, 0) is 9.84 Å². The fourth-order valence-corrected chi connectivity index (χ4v) is 3.79. The van der Waals surface area contributed by atoms with Crippen LogP contribution in [0.25, 0.3) is 0 Å². The van der Waals surface area contributed by atoms with Crippen LogP contribution in [-0.4, -0.2) is 14.1 Å². The van der Waals surface area contributed by atoms with Crippen LogP contribution in [0.5, 0.6) is 0 Å². The second-order valence-electron chi connectivity index (χ2n) is 6.13. The number of aryl methyl sites for hydroxylation is 1. The third-order valence-electron chi connectivity index (χ3n) is 4.11. The van der Waals surface area contributed by atoms with E-state index in [0.717, 1.165) is 5.56 Å². The molecule has 3 rings (SSSR count). The van der Waals surface area contributed by atoms with Gasteiger partial charge < -0.3 is 0 Å². The Kier molecular flexibility index (Phi) is 5.37. The molecule has 0 aromatic heterocycles. The number of sulfone groups is 1. The van der Waals surface area contributed by atoms with Gasteiger partial charge in [-0.1, -0.05) is 35.9 Å². The van der Waals surface area contributed by atoms with Crippen LogP contribution in [0.4, 0.5) is 10.1 Å². The van der Waals surface area contributed by atoms with Gasteiger partial charge in [-0.3, -0.25) is 5.43 Å². The summed E-state index contributed by atoms with van der Waals surface area (Å²) in [7, 11) is -3.57. The maximum atomic E-state index is 13.8. The Balaban J connectivity index is 1.78. The summed E-state index contributed by atoms with van der Waals surface area (Å²) >= 11 is 0. The molecule has 0 amide bonds. The minimum absolute atomic E-state index is 0.201. The lowest BCUT2D eigenvalue weighted by atomic mass is 10.1. The first-order valence-corrected chi connectivity index (χ1v) is 9.83. The summed E-state index contributed by atoms with van der Waals surface area (Å²) in [6.45, 7) is 3.60. The molecule has 0 aliphatic rings. The zero-order valence-electron chi connectivity index (χ0n) is 15.0. The zero-order valence-corrected chi connectivity index (χ0v) is 15.8. The Morgan fingerprint density at radius 3 is 2.04 bits per heavy atom. The summed E-state index contributed by atoms with van der Waals surface area (Å²) in [5.74, 6) is -0.347. The van der Waals surface area contributed by atoms with E-state index in [1.807, 2.05) is 6.92 Å². The fourth-order valence-electron chi connectivity index (χ4n) is 2.53. The molecule has 4 nitrogen and oxygen atoms in total. The van der Waals surface area contributed by atoms with Crippen LogP contribution in [0, 0.1) is 12.7 Å². The quantitative estimate of drug-likeness (QED) is 0.509. The van der Waals surface area contributed by atoms with Crippen LogP contribution in [0.15, 0.2) is 87.7 Å². The number of hydrazone groups is 1. The maximum absolute atomic E-state index is 13.8. The summed E-state index contributed by atoms with van der Waals surface area (Å²) in [4.78, 5) is 0.453. The van der Waals surface area contributed by atoms with Crippen molar-refractivity contribution in [3.8, 4) is 0 Å². The highest BCUT2D eigenvalue weighted by molar-refractivity contribution is 7.91. The molecular weight excluding hydrogens is 363 g/mol. The van der Waals surface area contributed by atoms with Crippen LogP contribution < -0.4 is 5.43 Å². The molecule has 0 atom stereocenters. The van der Waals surface area contributed by atoms with E-state index in [1.54, 1.807) is 61.5 Å². The molecule has 0 aliphatic heterocycles. The molecule has 1 N–H and O–H groups in total. The van der Waals surface area contributed by atoms with E-state index >= 15 is 0 Å². The topological polar surface area (TPSA) is 58.5 Å². The lowest BCUT2D eigenvalue weighted by molar-refractivity contribution is 0.596. The van der Waals surface area contributed by atoms with Gasteiger partial charge in [0.05, 0.1) is 21.2 Å². The van der Waals surface area contributed by atoms with Gasteiger partial charge in [0.1, 0.15) is 5.82 Å². The molecule has 0 saturated heterocycles. The van der Waals surface area contributed by atoms with E-state index in [0.29, 0.717) is 17.0 Å². The Hall–Kier alpha value is -2.99. The monoisotopic (exact) mass is 382 g/mol. The average Bonchev–Trinajstić information content (AvgIpc) is 2.67. The van der Waals surface area contributed by atoms with Gasteiger partial charge in [-0.25, -0.2) is 12.8 Å². The van der Waals surface area contributed by atoms with Crippen LogP contribution in [0.3, 0.4) is 0 Å². The Bertz CT molecular complexity index is 1070. The number of nitrogens with zero attached hydrogens (tertiary/aromatic N) is 1. The van der Waals surface area contributed by atoms with E-state index in [1.165, 1.54) is 18.2 Å². The van der Waals surface area contributed by atoms with Crippen molar-refractivity contribution in [2.75, 3.05) is 5.43 Å². The number of anilines is 1. The summed E-state index contributed by atoms with van der Waals surface area (Å²) in [5, 5.41) is 4.16. The Labute approximate surface area is 158 Å². The van der Waals surface area contributed by atoms with Gasteiger partial charge in [-0.05, 0) is 56.3 Å². The standard InChI is InChI=1S/C21H19FN2O2S/c1-15-7-11-18(12-8-15)27(25,26)19-13-9-17(10-14-19)24-23-16(2)20-5-3-4-6-21(20)22/h3-14,24H,1-2H3/b23-16-. The van der Waals surface area contributed by atoms with E-state index in [4.69, 9.17) is 0 Å². The van der Waals surface area contributed by atoms with E-state index in [2.05, 4.69) is 10.5 Å². The highest BCUT2D eigenvalue weighted by atomic mass is 32.2. The number of hydrogen-bond donors (Lipinski definition) is 1. The van der Waals surface area contributed by atoms with E-state index in [9.17, 15) is 12.8 Å². The highest BCUT2D eigenvalue weighted by Crippen LogP contribution is 2.22. The first-order valence-electron chi connectivity index (χ1n) is 8.35. The van der Waals surface area contributed by atoms with E-state index in [-0.39, 0.29) is 15.6 Å². The molecule has 6 heteroatoms. The van der Waals surface area contributed by atoms with Crippen LogP contribution in [0.2, 0.25) is 0 Å². The lowest BCUT2D eigenvalue weighted by Crippen LogP contribution is -2.03. The second-order valence-corrected chi connectivity index (χ2v) is 8.08. The molecule has 0 heterocycles. The lowest BCUT2D eigenvalue weighted by Gasteiger charge is -2.07. The van der Waals surface area contributed by atoms with Crippen molar-refractivity contribution in [3.63, 3.8) is 0 Å². The second kappa shape index (κ2) is 7.72. The molecule has 0 fully saturated rings. The summed E-state index contributed by atoms with van der Waals surface area (Å²) < 4.78 is 39.1. The first-order chi connectivity index (χ1) is 12.9. The van der Waals surface area contributed by atoms with Crippen molar-refractivity contribution in [2.45, 2.75) is 23.6 Å². The van der Waals surface area contributed by atoms with Crippen molar-refractivity contribution in [1.82, 2.24) is 0 Å². The maximum Gasteiger partial charge on any atom is 0.206 e. The van der Waals surface area contributed by atoms with Crippen molar-refractivity contribution in [2.24, 2.45) is 5.10 Å². The van der Waals surface area contributed by atoms with Crippen molar-refractivity contribution >= 4 is 21.2 Å². The number of halogens is 1. The minimum Gasteiger partial charge on any atom is -0.278 e. The number of rotatable bonds is 5. The van der Waals surface area contributed by atoms with Crippen molar-refractivity contribution < 1.29 is 12.8 Å². The summed E-state index contributed by atoms with van der Waals surface area (Å²) in [6.07, 6.45) is 0. The fraction of sp³-hybridized carbons (Fsp3) is 0.0952. The third kappa shape index (κ3) is 4.23. The molecule has 27 heavy (non-hydrogen) atoms. The number of benzene rings is 3. The SMILES string of the molecule is C/C(=N/Nc1ccc(S(=O)(=O)c2ccc(C)cc2)cc1)c1ccccc1F. The first kappa shape index (κ1) is 18.8. The summed E-state index contributed by atoms with van der Waals surface area (Å²) in [6, 6.07) is 19.4. The van der Waals surface area contributed by atoms with Gasteiger partial charge in [-0.2, -0.15) is 5.10 Å². The van der Waals surface area contributed by atoms with Gasteiger partial charge >= 0.3 is 0 Å². The molecule has 0 spiro atoms. The largest absolute Gasteiger partial charge is 0.278 e. The zero-order chi connectivity index (χ0) is 19.4. The normalized spacial score (nSPS) is 12.0. The van der Waals surface area contributed by atoms with Gasteiger partial charge in [-0.15, -0.1) is 0 Å². The highest BCUT2D eigenvalue weighted by Gasteiger charge is 2.17. The van der Waals surface area contributed by atoms with Gasteiger partial charge in [0.2, 0.25) is 9.84 Å². The van der Waals surface area contributed by atoms with Crippen LogP contribution in [0.1, 0.15) is 18.1 Å². The van der Waals surface area contributed by atoms with Crippen molar-refractivity contribution in [1.29, 1.82) is 0 Å². The molecular formula is C21H19FN2O2S. The number of nitrogens with one attached hydrogen (secondary N) is 1. The predicted octanol–water partition coefficient (Wildman–Crippen LogP) is 4.80. The third-order valence-corrected chi connectivity index (χ3v) is 5.90. The molecule has 3 aromatic carbocycles. The smallest absolute Gasteiger partial charge is 0.206 e. The van der Waals surface area contributed by atoms with Crippen LogP contribution >= 0.6 is 0 Å². The Morgan fingerprint density at radius 1 is 0.889 bits per heavy atom. The van der Waals surface area contributed by atoms with Crippen molar-refractivity contribution in [3.05, 3.63) is 89.7 Å². The Morgan fingerprint density at radius 2 is 1.44 bits per heavy atom. The molecule has 0 unspecified atom stereocenters. The average molecular weight is 382 g/mol. The molecule has 0 bridgehead atoms. The predicted molar refractivity (Wildman–Crippen MR) is 105 cm³/mol. The number of hydrogen-bond acceptors (Lipinski definition) is 4. The van der Waals surface area contributed by atoms with Gasteiger partial charge in [0.15, 0.2) is 0 Å². The van der Waals surface area contributed by atoms with Gasteiger partial charge in [0.25, 0.3) is 0 Å². The van der Waals surface area contributed by atoms with Gasteiger partial charge in [0, 0.05) is 5.56 Å².